The molecule has 0 aliphatic heterocycles. The van der Waals surface area contributed by atoms with Crippen LogP contribution in [0, 0.1) is 0 Å². The topological polar surface area (TPSA) is 86.6 Å². The van der Waals surface area contributed by atoms with Crippen molar-refractivity contribution in [3.63, 3.8) is 0 Å². The quantitative estimate of drug-likeness (QED) is 0.571. The predicted molar refractivity (Wildman–Crippen MR) is 43.8 cm³/mol. The molecule has 5 nitrogen and oxygen atoms in total. The first-order valence-electron chi connectivity index (χ1n) is 3.26. The van der Waals surface area contributed by atoms with E-state index in [4.69, 9.17) is 10.2 Å². The zero-order valence-electron chi connectivity index (χ0n) is 6.91. The molecule has 70 valence electrons. The van der Waals surface area contributed by atoms with E-state index in [0.29, 0.717) is 0 Å². The number of nitrogens with one attached hydrogen (secondary N) is 1. The Hall–Kier alpha value is -1.52. The summed E-state index contributed by atoms with van der Waals surface area (Å²) in [6, 6.07) is 0. The highest BCUT2D eigenvalue weighted by Crippen LogP contribution is 1.86. The van der Waals surface area contributed by atoms with Gasteiger partial charge in [0.05, 0.1) is 12.8 Å². The van der Waals surface area contributed by atoms with E-state index in [1.54, 1.807) is 6.20 Å². The van der Waals surface area contributed by atoms with Gasteiger partial charge in [-0.05, 0) is 6.20 Å². The third kappa shape index (κ3) is 23.6. The maximum atomic E-state index is 9.64. The third-order valence-corrected chi connectivity index (χ3v) is 0.757. The molecule has 0 saturated heterocycles. The number of carboxylic acid groups (broad SMARTS) is 2. The Labute approximate surface area is 70.7 Å². The molecule has 0 aromatic carbocycles. The lowest BCUT2D eigenvalue weighted by atomic mass is 10.3. The summed E-state index contributed by atoms with van der Waals surface area (Å²) in [7, 11) is 1.81. The second kappa shape index (κ2) is 9.48. The Bertz CT molecular complexity index is 141. The average molecular weight is 175 g/mol. The summed E-state index contributed by atoms with van der Waals surface area (Å²) < 4.78 is 0. The normalized spacial score (nSPS) is 7.42. The van der Waals surface area contributed by atoms with Crippen molar-refractivity contribution >= 4 is 11.9 Å². The molecule has 0 bridgehead atoms. The summed E-state index contributed by atoms with van der Waals surface area (Å²) >= 11 is 0. The molecule has 0 aromatic rings. The predicted octanol–water partition coefficient (Wildman–Crippen LogP) is 0.285. The summed E-state index contributed by atoms with van der Waals surface area (Å²) in [5.41, 5.74) is 0. The number of hydrogen-bond acceptors (Lipinski definition) is 3. The molecular weight excluding hydrogens is 162 g/mol. The van der Waals surface area contributed by atoms with Crippen LogP contribution in [-0.2, 0) is 9.59 Å². The van der Waals surface area contributed by atoms with Gasteiger partial charge in [0.2, 0.25) is 0 Å². The maximum Gasteiger partial charge on any atom is 0.303 e. The fraction of sp³-hybridized carbons (Fsp3) is 0.429. The van der Waals surface area contributed by atoms with E-state index in [9.17, 15) is 9.59 Å². The van der Waals surface area contributed by atoms with Gasteiger partial charge in [-0.2, -0.15) is 0 Å². The first-order valence-corrected chi connectivity index (χ1v) is 3.26. The van der Waals surface area contributed by atoms with Gasteiger partial charge in [0, 0.05) is 7.05 Å². The molecule has 0 aromatic heterocycles. The Morgan fingerprint density at radius 1 is 1.33 bits per heavy atom. The lowest BCUT2D eigenvalue weighted by Crippen LogP contribution is -2.00. The van der Waals surface area contributed by atoms with Gasteiger partial charge in [0.25, 0.3) is 0 Å². The number of carboxylic acids is 2. The number of hydrogen-bond donors (Lipinski definition) is 3. The summed E-state index contributed by atoms with van der Waals surface area (Å²) in [6.45, 7) is 3.37. The minimum atomic E-state index is -1.08. The van der Waals surface area contributed by atoms with Crippen molar-refractivity contribution in [1.29, 1.82) is 0 Å². The Morgan fingerprint density at radius 2 is 1.58 bits per heavy atom. The fourth-order valence-corrected chi connectivity index (χ4v) is 0.214. The van der Waals surface area contributed by atoms with E-state index in [0.717, 1.165) is 0 Å². The average Bonchev–Trinajstić information content (AvgIpc) is 2.01. The molecule has 0 rings (SSSR count). The Kier molecular flexibility index (Phi) is 10.3. The van der Waals surface area contributed by atoms with E-state index in [1.165, 1.54) is 0 Å². The SMILES string of the molecule is C=CNC.O=C(O)CCC(=O)O. The molecule has 0 radical (unpaired) electrons. The van der Waals surface area contributed by atoms with Crippen LogP contribution in [0.5, 0.6) is 0 Å². The van der Waals surface area contributed by atoms with Crippen LogP contribution in [0.15, 0.2) is 12.8 Å². The van der Waals surface area contributed by atoms with Crippen molar-refractivity contribution in [3.05, 3.63) is 12.8 Å². The first kappa shape index (κ1) is 13.1. The lowest BCUT2D eigenvalue weighted by molar-refractivity contribution is -0.143. The van der Waals surface area contributed by atoms with Crippen molar-refractivity contribution in [2.45, 2.75) is 12.8 Å². The lowest BCUT2D eigenvalue weighted by Gasteiger charge is -1.85. The molecule has 0 aliphatic rings. The number of aliphatic carboxylic acids is 2. The van der Waals surface area contributed by atoms with Crippen molar-refractivity contribution in [1.82, 2.24) is 5.32 Å². The van der Waals surface area contributed by atoms with Gasteiger partial charge in [-0.1, -0.05) is 6.58 Å². The van der Waals surface area contributed by atoms with Crippen LogP contribution < -0.4 is 5.32 Å². The Morgan fingerprint density at radius 3 is 1.67 bits per heavy atom. The molecule has 0 saturated carbocycles. The van der Waals surface area contributed by atoms with Gasteiger partial charge in [0.1, 0.15) is 0 Å². The van der Waals surface area contributed by atoms with Crippen LogP contribution in [0.2, 0.25) is 0 Å². The molecular formula is C7H13NO4. The summed E-state index contributed by atoms with van der Waals surface area (Å²) in [4.78, 5) is 19.3. The number of carbonyl (C=O) groups is 2. The molecule has 3 N–H and O–H groups in total. The molecule has 0 fully saturated rings. The molecule has 12 heavy (non-hydrogen) atoms. The zero-order valence-corrected chi connectivity index (χ0v) is 6.91. The van der Waals surface area contributed by atoms with E-state index in [2.05, 4.69) is 11.9 Å². The van der Waals surface area contributed by atoms with Crippen LogP contribution in [0.25, 0.3) is 0 Å². The smallest absolute Gasteiger partial charge is 0.303 e. The van der Waals surface area contributed by atoms with E-state index >= 15 is 0 Å². The standard InChI is InChI=1S/C4H6O4.C3H7N/c5-3(6)1-2-4(7)8;1-3-4-2/h1-2H2,(H,5,6)(H,7,8);3-4H,1H2,2H3. The minimum absolute atomic E-state index is 0.296. The van der Waals surface area contributed by atoms with E-state index in [1.807, 2.05) is 7.05 Å². The largest absolute Gasteiger partial charge is 0.481 e. The van der Waals surface area contributed by atoms with Gasteiger partial charge >= 0.3 is 11.9 Å². The molecule has 0 heterocycles. The van der Waals surface area contributed by atoms with E-state index < -0.39 is 11.9 Å². The summed E-state index contributed by atoms with van der Waals surface area (Å²) in [5, 5.41) is 18.5. The summed E-state index contributed by atoms with van der Waals surface area (Å²) in [5.74, 6) is -2.15. The molecule has 0 unspecified atom stereocenters. The van der Waals surface area contributed by atoms with Crippen LogP contribution >= 0.6 is 0 Å². The van der Waals surface area contributed by atoms with Crippen molar-refractivity contribution in [2.75, 3.05) is 7.05 Å². The fourth-order valence-electron chi connectivity index (χ4n) is 0.214. The van der Waals surface area contributed by atoms with Gasteiger partial charge in [-0.3, -0.25) is 9.59 Å². The second-order valence-corrected chi connectivity index (χ2v) is 1.78. The van der Waals surface area contributed by atoms with Gasteiger partial charge in [-0.15, -0.1) is 0 Å². The van der Waals surface area contributed by atoms with E-state index in [-0.39, 0.29) is 12.8 Å². The number of rotatable bonds is 4. The van der Waals surface area contributed by atoms with Crippen LogP contribution in [0.4, 0.5) is 0 Å². The minimum Gasteiger partial charge on any atom is -0.481 e. The van der Waals surface area contributed by atoms with Crippen molar-refractivity contribution in [3.8, 4) is 0 Å². The van der Waals surface area contributed by atoms with Gasteiger partial charge in [0.15, 0.2) is 0 Å². The maximum absolute atomic E-state index is 9.64. The van der Waals surface area contributed by atoms with Crippen LogP contribution in [-0.4, -0.2) is 29.2 Å². The van der Waals surface area contributed by atoms with Gasteiger partial charge < -0.3 is 15.5 Å². The highest BCUT2D eigenvalue weighted by Gasteiger charge is 2.00. The van der Waals surface area contributed by atoms with Crippen molar-refractivity contribution in [2.24, 2.45) is 0 Å². The highest BCUT2D eigenvalue weighted by molar-refractivity contribution is 5.75. The zero-order chi connectivity index (χ0) is 9.98. The Balaban J connectivity index is 0. The third-order valence-electron chi connectivity index (χ3n) is 0.757. The van der Waals surface area contributed by atoms with Crippen LogP contribution in [0.1, 0.15) is 12.8 Å². The molecule has 0 spiro atoms. The molecule has 0 aliphatic carbocycles. The van der Waals surface area contributed by atoms with Crippen molar-refractivity contribution < 1.29 is 19.8 Å². The van der Waals surface area contributed by atoms with Gasteiger partial charge in [-0.25, -0.2) is 0 Å². The highest BCUT2D eigenvalue weighted by atomic mass is 16.4. The first-order chi connectivity index (χ1) is 5.54. The molecule has 0 atom stereocenters. The molecule has 0 amide bonds. The second-order valence-electron chi connectivity index (χ2n) is 1.78. The monoisotopic (exact) mass is 175 g/mol. The summed E-state index contributed by atoms with van der Waals surface area (Å²) in [6.07, 6.45) is 1.03. The van der Waals surface area contributed by atoms with Crippen LogP contribution in [0.3, 0.4) is 0 Å². The molecule has 5 heteroatoms.